The lowest BCUT2D eigenvalue weighted by molar-refractivity contribution is 0.0243. The van der Waals surface area contributed by atoms with Gasteiger partial charge >= 0.3 is 5.97 Å². The van der Waals surface area contributed by atoms with Crippen LogP contribution in [0.5, 0.6) is 0 Å². The Labute approximate surface area is 225 Å². The van der Waals surface area contributed by atoms with Crippen LogP contribution in [0.1, 0.15) is 65.1 Å². The second-order valence-corrected chi connectivity index (χ2v) is 10.1. The second kappa shape index (κ2) is 10.6. The van der Waals surface area contributed by atoms with Crippen LogP contribution >= 0.6 is 0 Å². The van der Waals surface area contributed by atoms with Crippen LogP contribution in [-0.4, -0.2) is 42.3 Å². The highest BCUT2D eigenvalue weighted by Crippen LogP contribution is 2.51. The molecule has 4 aromatic rings. The SMILES string of the molecule is CCCN(CCC)c1ccc(C2(c3c(C)n(CCOC)c4ccccc34)OC(=O)c3cccnc32)c(C)c1. The molecule has 6 heteroatoms. The average Bonchev–Trinajstić information content (AvgIpc) is 3.38. The number of pyridine rings is 1. The highest BCUT2D eigenvalue weighted by Gasteiger charge is 2.53. The lowest BCUT2D eigenvalue weighted by Crippen LogP contribution is -2.32. The molecule has 0 bridgehead atoms. The van der Waals surface area contributed by atoms with Crippen LogP contribution in [0.4, 0.5) is 5.69 Å². The number of fused-ring (bicyclic) bond motifs is 2. The van der Waals surface area contributed by atoms with Gasteiger partial charge in [0.1, 0.15) is 5.69 Å². The summed E-state index contributed by atoms with van der Waals surface area (Å²) in [6, 6.07) is 18.5. The van der Waals surface area contributed by atoms with E-state index in [-0.39, 0.29) is 5.97 Å². The average molecular weight is 512 g/mol. The molecule has 0 fully saturated rings. The molecule has 0 amide bonds. The second-order valence-electron chi connectivity index (χ2n) is 10.1. The fraction of sp³-hybridized carbons (Fsp3) is 0.375. The Hall–Kier alpha value is -3.64. The number of hydrogen-bond acceptors (Lipinski definition) is 5. The van der Waals surface area contributed by atoms with Crippen molar-refractivity contribution in [2.24, 2.45) is 0 Å². The largest absolute Gasteiger partial charge is 0.439 e. The van der Waals surface area contributed by atoms with Gasteiger partial charge in [0.05, 0.1) is 12.2 Å². The Balaban J connectivity index is 1.80. The molecule has 1 unspecified atom stereocenters. The summed E-state index contributed by atoms with van der Waals surface area (Å²) >= 11 is 0. The quantitative estimate of drug-likeness (QED) is 0.231. The van der Waals surface area contributed by atoms with E-state index < -0.39 is 5.60 Å². The van der Waals surface area contributed by atoms with Gasteiger partial charge in [-0.1, -0.05) is 38.1 Å². The first-order chi connectivity index (χ1) is 18.5. The van der Waals surface area contributed by atoms with Gasteiger partial charge in [0.25, 0.3) is 0 Å². The maximum atomic E-state index is 13.4. The summed E-state index contributed by atoms with van der Waals surface area (Å²) in [6.07, 6.45) is 3.92. The topological polar surface area (TPSA) is 56.6 Å². The number of aryl methyl sites for hydroxylation is 1. The highest BCUT2D eigenvalue weighted by molar-refractivity contribution is 5.98. The lowest BCUT2D eigenvalue weighted by atomic mass is 9.79. The van der Waals surface area contributed by atoms with Crippen molar-refractivity contribution >= 4 is 22.6 Å². The van der Waals surface area contributed by atoms with Gasteiger partial charge in [-0.2, -0.15) is 0 Å². The summed E-state index contributed by atoms with van der Waals surface area (Å²) < 4.78 is 14.2. The van der Waals surface area contributed by atoms with Crippen molar-refractivity contribution in [1.82, 2.24) is 9.55 Å². The summed E-state index contributed by atoms with van der Waals surface area (Å²) in [4.78, 5) is 20.6. The van der Waals surface area contributed by atoms with Crippen LogP contribution in [0.15, 0.2) is 60.8 Å². The molecule has 0 radical (unpaired) electrons. The predicted octanol–water partition coefficient (Wildman–Crippen LogP) is 6.39. The molecule has 0 N–H and O–H groups in total. The van der Waals surface area contributed by atoms with E-state index in [2.05, 4.69) is 67.5 Å². The molecule has 3 heterocycles. The summed E-state index contributed by atoms with van der Waals surface area (Å²) in [6.45, 7) is 11.9. The Kier molecular flexibility index (Phi) is 7.26. The zero-order valence-corrected chi connectivity index (χ0v) is 23.1. The number of hydrogen-bond donors (Lipinski definition) is 0. The number of nitrogens with zero attached hydrogens (tertiary/aromatic N) is 3. The molecule has 2 aromatic carbocycles. The van der Waals surface area contributed by atoms with E-state index >= 15 is 0 Å². The summed E-state index contributed by atoms with van der Waals surface area (Å²) in [5.74, 6) is -0.344. The summed E-state index contributed by atoms with van der Waals surface area (Å²) in [5, 5.41) is 1.05. The molecule has 1 atom stereocenters. The van der Waals surface area contributed by atoms with Gasteiger partial charge in [-0.25, -0.2) is 4.79 Å². The molecule has 2 aromatic heterocycles. The lowest BCUT2D eigenvalue weighted by Gasteiger charge is -2.32. The minimum atomic E-state index is -1.15. The van der Waals surface area contributed by atoms with Crippen molar-refractivity contribution in [2.45, 2.75) is 52.7 Å². The molecule has 0 spiro atoms. The molecular weight excluding hydrogens is 474 g/mol. The Bertz CT molecular complexity index is 1470. The van der Waals surface area contributed by atoms with Crippen molar-refractivity contribution < 1.29 is 14.3 Å². The first-order valence-electron chi connectivity index (χ1n) is 13.6. The molecule has 0 aliphatic carbocycles. The van der Waals surface area contributed by atoms with Crippen LogP contribution in [-0.2, 0) is 21.6 Å². The van der Waals surface area contributed by atoms with E-state index in [0.29, 0.717) is 24.4 Å². The number of para-hydroxylation sites is 1. The number of carbonyl (C=O) groups excluding carboxylic acids is 1. The van der Waals surface area contributed by atoms with Crippen LogP contribution in [0, 0.1) is 13.8 Å². The van der Waals surface area contributed by atoms with Gasteiger partial charge in [-0.15, -0.1) is 0 Å². The highest BCUT2D eigenvalue weighted by atomic mass is 16.6. The molecule has 5 rings (SSSR count). The number of esters is 1. The predicted molar refractivity (Wildman–Crippen MR) is 152 cm³/mol. The van der Waals surface area contributed by atoms with Crippen LogP contribution < -0.4 is 4.90 Å². The van der Waals surface area contributed by atoms with Gasteiger partial charge in [0.2, 0.25) is 5.60 Å². The zero-order chi connectivity index (χ0) is 26.9. The van der Waals surface area contributed by atoms with E-state index in [0.717, 1.165) is 59.2 Å². The number of methoxy groups -OCH3 is 1. The summed E-state index contributed by atoms with van der Waals surface area (Å²) in [5.41, 5.74) is 6.30. The fourth-order valence-electron chi connectivity index (χ4n) is 6.08. The Morgan fingerprint density at radius 3 is 2.50 bits per heavy atom. The number of anilines is 1. The fourth-order valence-corrected chi connectivity index (χ4v) is 6.08. The molecule has 6 nitrogen and oxygen atoms in total. The maximum Gasteiger partial charge on any atom is 0.341 e. The number of carbonyl (C=O) groups is 1. The van der Waals surface area contributed by atoms with Crippen molar-refractivity contribution in [1.29, 1.82) is 0 Å². The number of cyclic esters (lactones) is 1. The molecule has 38 heavy (non-hydrogen) atoms. The molecule has 1 aliphatic heterocycles. The zero-order valence-electron chi connectivity index (χ0n) is 23.1. The van der Waals surface area contributed by atoms with Gasteiger partial charge in [-0.3, -0.25) is 4.98 Å². The number of ether oxygens (including phenoxy) is 2. The minimum Gasteiger partial charge on any atom is -0.439 e. The molecule has 198 valence electrons. The van der Waals surface area contributed by atoms with E-state index in [1.165, 1.54) is 5.69 Å². The maximum absolute atomic E-state index is 13.4. The van der Waals surface area contributed by atoms with Crippen LogP contribution in [0.25, 0.3) is 10.9 Å². The normalized spacial score (nSPS) is 16.6. The number of aromatic nitrogens is 2. The number of rotatable bonds is 10. The molecule has 0 saturated heterocycles. The van der Waals surface area contributed by atoms with E-state index in [1.807, 2.05) is 18.2 Å². The van der Waals surface area contributed by atoms with E-state index in [1.54, 1.807) is 19.4 Å². The van der Waals surface area contributed by atoms with E-state index in [9.17, 15) is 4.79 Å². The molecular formula is C32H37N3O3. The van der Waals surface area contributed by atoms with Crippen molar-refractivity contribution in [3.63, 3.8) is 0 Å². The van der Waals surface area contributed by atoms with Crippen molar-refractivity contribution in [3.05, 3.63) is 94.4 Å². The van der Waals surface area contributed by atoms with E-state index in [4.69, 9.17) is 14.5 Å². The molecule has 0 saturated carbocycles. The van der Waals surface area contributed by atoms with Gasteiger partial charge in [0.15, 0.2) is 0 Å². The third kappa shape index (κ3) is 4.08. The number of benzene rings is 2. The monoisotopic (exact) mass is 511 g/mol. The first kappa shape index (κ1) is 26.0. The Morgan fingerprint density at radius 2 is 1.79 bits per heavy atom. The van der Waals surface area contributed by atoms with Crippen molar-refractivity contribution in [3.8, 4) is 0 Å². The summed E-state index contributed by atoms with van der Waals surface area (Å²) in [7, 11) is 1.72. The van der Waals surface area contributed by atoms with Gasteiger partial charge in [-0.05, 0) is 62.6 Å². The third-order valence-corrected chi connectivity index (χ3v) is 7.65. The molecule has 1 aliphatic rings. The van der Waals surface area contributed by atoms with Crippen molar-refractivity contribution in [2.75, 3.05) is 31.7 Å². The third-order valence-electron chi connectivity index (χ3n) is 7.65. The Morgan fingerprint density at radius 1 is 1.03 bits per heavy atom. The van der Waals surface area contributed by atoms with Gasteiger partial charge in [0, 0.05) is 66.4 Å². The standard InChI is InChI=1S/C32H37N3O3/c1-6-17-34(18-7-2)24-14-15-27(22(3)21-24)32(30-26(31(36)38-32)12-10-16-33-30)29-23(4)35(19-20-37-5)28-13-9-8-11-25(28)29/h8-16,21H,6-7,17-20H2,1-5H3. The smallest absolute Gasteiger partial charge is 0.341 e. The minimum absolute atomic E-state index is 0.344. The van der Waals surface area contributed by atoms with Crippen LogP contribution in [0.3, 0.4) is 0 Å². The van der Waals surface area contributed by atoms with Crippen LogP contribution in [0.2, 0.25) is 0 Å². The van der Waals surface area contributed by atoms with Gasteiger partial charge < -0.3 is 18.9 Å². The first-order valence-corrected chi connectivity index (χ1v) is 13.6.